The molecule has 0 radical (unpaired) electrons. The predicted molar refractivity (Wildman–Crippen MR) is 110 cm³/mol. The maximum atomic E-state index is 12.5. The summed E-state index contributed by atoms with van der Waals surface area (Å²) in [5.41, 5.74) is 1.69. The van der Waals surface area contributed by atoms with Crippen LogP contribution in [0.2, 0.25) is 0 Å². The van der Waals surface area contributed by atoms with E-state index in [1.54, 1.807) is 18.3 Å². The van der Waals surface area contributed by atoms with Crippen LogP contribution in [0, 0.1) is 11.3 Å². The summed E-state index contributed by atoms with van der Waals surface area (Å²) < 4.78 is 0. The molecular formula is C21H26N6O. The molecular weight excluding hydrogens is 352 g/mol. The van der Waals surface area contributed by atoms with Gasteiger partial charge in [-0.2, -0.15) is 5.26 Å². The Morgan fingerprint density at radius 1 is 1.21 bits per heavy atom. The maximum Gasteiger partial charge on any atom is 0.317 e. The molecule has 1 unspecified atom stereocenters. The van der Waals surface area contributed by atoms with Gasteiger partial charge in [-0.3, -0.25) is 0 Å². The fourth-order valence-corrected chi connectivity index (χ4v) is 3.26. The van der Waals surface area contributed by atoms with Gasteiger partial charge in [-0.15, -0.1) is 0 Å². The molecule has 2 heterocycles. The summed E-state index contributed by atoms with van der Waals surface area (Å²) in [5, 5.41) is 12.3. The lowest BCUT2D eigenvalue weighted by atomic mass is 10.2. The number of anilines is 2. The molecule has 7 heteroatoms. The Morgan fingerprint density at radius 3 is 2.61 bits per heavy atom. The van der Waals surface area contributed by atoms with E-state index in [-0.39, 0.29) is 12.1 Å². The molecule has 2 amide bonds. The normalized spacial score (nSPS) is 14.9. The van der Waals surface area contributed by atoms with Crippen LogP contribution in [0.1, 0.15) is 12.5 Å². The van der Waals surface area contributed by atoms with E-state index >= 15 is 0 Å². The minimum absolute atomic E-state index is 0.0468. The molecule has 1 fully saturated rings. The zero-order valence-electron chi connectivity index (χ0n) is 16.4. The first-order chi connectivity index (χ1) is 13.6. The average Bonchev–Trinajstić information content (AvgIpc) is 2.77. The molecule has 1 N–H and O–H groups in total. The maximum absolute atomic E-state index is 12.5. The molecule has 0 spiro atoms. The second-order valence-electron chi connectivity index (χ2n) is 6.94. The largest absolute Gasteiger partial charge is 0.370 e. The van der Waals surface area contributed by atoms with Crippen molar-refractivity contribution in [2.75, 3.05) is 49.6 Å². The molecule has 28 heavy (non-hydrogen) atoms. The molecule has 1 aliphatic rings. The number of para-hydroxylation sites is 1. The third kappa shape index (κ3) is 4.52. The molecule has 1 atom stereocenters. The third-order valence-electron chi connectivity index (χ3n) is 5.15. The fourth-order valence-electron chi connectivity index (χ4n) is 3.26. The van der Waals surface area contributed by atoms with Crippen LogP contribution in [0.3, 0.4) is 0 Å². The van der Waals surface area contributed by atoms with Gasteiger partial charge in [0.15, 0.2) is 0 Å². The first kappa shape index (κ1) is 19.5. The van der Waals surface area contributed by atoms with Crippen LogP contribution in [0.5, 0.6) is 0 Å². The Bertz CT molecular complexity index is 826. The van der Waals surface area contributed by atoms with E-state index in [1.165, 1.54) is 0 Å². The van der Waals surface area contributed by atoms with Crippen LogP contribution in [-0.2, 0) is 0 Å². The first-order valence-electron chi connectivity index (χ1n) is 9.51. The number of urea groups is 1. The van der Waals surface area contributed by atoms with Gasteiger partial charge in [0.25, 0.3) is 0 Å². The quantitative estimate of drug-likeness (QED) is 0.864. The monoisotopic (exact) mass is 378 g/mol. The molecule has 1 aromatic carbocycles. The number of hydrogen-bond acceptors (Lipinski definition) is 5. The summed E-state index contributed by atoms with van der Waals surface area (Å²) in [4.78, 5) is 22.9. The van der Waals surface area contributed by atoms with Crippen molar-refractivity contribution in [3.8, 4) is 6.07 Å². The minimum atomic E-state index is -0.0468. The topological polar surface area (TPSA) is 75.5 Å². The second-order valence-corrected chi connectivity index (χ2v) is 6.94. The van der Waals surface area contributed by atoms with Crippen molar-refractivity contribution in [1.82, 2.24) is 15.2 Å². The van der Waals surface area contributed by atoms with E-state index in [0.717, 1.165) is 5.69 Å². The zero-order valence-corrected chi connectivity index (χ0v) is 16.4. The van der Waals surface area contributed by atoms with E-state index in [2.05, 4.69) is 45.2 Å². The van der Waals surface area contributed by atoms with E-state index < -0.39 is 0 Å². The summed E-state index contributed by atoms with van der Waals surface area (Å²) in [7, 11) is 2.03. The summed E-state index contributed by atoms with van der Waals surface area (Å²) in [6.07, 6.45) is 1.69. The molecule has 1 saturated heterocycles. The number of nitrogens with zero attached hydrogens (tertiary/aromatic N) is 5. The highest BCUT2D eigenvalue weighted by Crippen LogP contribution is 2.18. The third-order valence-corrected chi connectivity index (χ3v) is 5.15. The molecule has 7 nitrogen and oxygen atoms in total. The summed E-state index contributed by atoms with van der Waals surface area (Å²) in [6.45, 7) is 5.21. The van der Waals surface area contributed by atoms with Gasteiger partial charge >= 0.3 is 6.03 Å². The molecule has 0 saturated carbocycles. The number of carbonyl (C=O) groups excluding carboxylic acids is 1. The van der Waals surface area contributed by atoms with Gasteiger partial charge in [0.2, 0.25) is 0 Å². The van der Waals surface area contributed by atoms with Crippen LogP contribution in [0.25, 0.3) is 0 Å². The van der Waals surface area contributed by atoms with Crippen LogP contribution in [-0.4, -0.2) is 61.7 Å². The highest BCUT2D eigenvalue weighted by molar-refractivity contribution is 5.74. The highest BCUT2D eigenvalue weighted by atomic mass is 16.2. The van der Waals surface area contributed by atoms with Crippen molar-refractivity contribution in [3.63, 3.8) is 0 Å². The number of pyridine rings is 1. The van der Waals surface area contributed by atoms with Crippen LogP contribution in [0.15, 0.2) is 48.7 Å². The smallest absolute Gasteiger partial charge is 0.317 e. The van der Waals surface area contributed by atoms with Gasteiger partial charge in [0, 0.05) is 57.7 Å². The van der Waals surface area contributed by atoms with Gasteiger partial charge in [-0.05, 0) is 31.2 Å². The molecule has 146 valence electrons. The molecule has 0 aliphatic carbocycles. The van der Waals surface area contributed by atoms with Crippen LogP contribution >= 0.6 is 0 Å². The Kier molecular flexibility index (Phi) is 6.33. The van der Waals surface area contributed by atoms with Crippen molar-refractivity contribution in [3.05, 3.63) is 54.2 Å². The van der Waals surface area contributed by atoms with Gasteiger partial charge in [0.05, 0.1) is 5.56 Å². The number of amides is 2. The number of piperazine rings is 1. The average molecular weight is 378 g/mol. The number of aromatic nitrogens is 1. The van der Waals surface area contributed by atoms with Gasteiger partial charge in [0.1, 0.15) is 11.9 Å². The SMILES string of the molecule is CC(CNC(=O)N1CCN(c2ncccc2C#N)CC1)N(C)c1ccccc1. The number of rotatable bonds is 5. The van der Waals surface area contributed by atoms with E-state index in [0.29, 0.717) is 44.1 Å². The minimum Gasteiger partial charge on any atom is -0.370 e. The molecule has 3 rings (SSSR count). The van der Waals surface area contributed by atoms with Crippen molar-refractivity contribution >= 4 is 17.5 Å². The number of nitriles is 1. The van der Waals surface area contributed by atoms with Gasteiger partial charge in [-0.1, -0.05) is 18.2 Å². The van der Waals surface area contributed by atoms with Crippen molar-refractivity contribution in [2.24, 2.45) is 0 Å². The summed E-state index contributed by atoms with van der Waals surface area (Å²) in [6, 6.07) is 16.0. The van der Waals surface area contributed by atoms with Crippen molar-refractivity contribution in [2.45, 2.75) is 13.0 Å². The van der Waals surface area contributed by atoms with Gasteiger partial charge in [-0.25, -0.2) is 9.78 Å². The van der Waals surface area contributed by atoms with Crippen molar-refractivity contribution < 1.29 is 4.79 Å². The molecule has 2 aromatic rings. The van der Waals surface area contributed by atoms with E-state index in [1.807, 2.05) is 30.1 Å². The number of carbonyl (C=O) groups is 1. The lowest BCUT2D eigenvalue weighted by Gasteiger charge is -2.36. The van der Waals surface area contributed by atoms with E-state index in [4.69, 9.17) is 0 Å². The van der Waals surface area contributed by atoms with Gasteiger partial charge < -0.3 is 20.0 Å². The predicted octanol–water partition coefficient (Wildman–Crippen LogP) is 2.31. The summed E-state index contributed by atoms with van der Waals surface area (Å²) >= 11 is 0. The number of hydrogen-bond donors (Lipinski definition) is 1. The Labute approximate surface area is 166 Å². The lowest BCUT2D eigenvalue weighted by molar-refractivity contribution is 0.193. The number of benzene rings is 1. The Hall–Kier alpha value is -3.27. The molecule has 1 aliphatic heterocycles. The van der Waals surface area contributed by atoms with Crippen LogP contribution < -0.4 is 15.1 Å². The lowest BCUT2D eigenvalue weighted by Crippen LogP contribution is -2.53. The number of nitrogens with one attached hydrogen (secondary N) is 1. The highest BCUT2D eigenvalue weighted by Gasteiger charge is 2.23. The summed E-state index contributed by atoms with van der Waals surface area (Å²) in [5.74, 6) is 0.697. The Balaban J connectivity index is 1.48. The Morgan fingerprint density at radius 2 is 1.93 bits per heavy atom. The molecule has 0 bridgehead atoms. The van der Waals surface area contributed by atoms with Crippen LogP contribution in [0.4, 0.5) is 16.3 Å². The number of likely N-dealkylation sites (N-methyl/N-ethyl adjacent to an activating group) is 1. The first-order valence-corrected chi connectivity index (χ1v) is 9.51. The second kappa shape index (κ2) is 9.09. The zero-order chi connectivity index (χ0) is 19.9. The van der Waals surface area contributed by atoms with E-state index in [9.17, 15) is 10.1 Å². The fraction of sp³-hybridized carbons (Fsp3) is 0.381. The standard InChI is InChI=1S/C21H26N6O/c1-17(25(2)19-8-4-3-5-9-19)16-24-21(28)27-13-11-26(12-14-27)20-18(15-22)7-6-10-23-20/h3-10,17H,11-14,16H2,1-2H3,(H,24,28). The van der Waals surface area contributed by atoms with Crippen molar-refractivity contribution in [1.29, 1.82) is 5.26 Å². The molecule has 1 aromatic heterocycles.